The lowest BCUT2D eigenvalue weighted by Gasteiger charge is -2.16. The third-order valence-corrected chi connectivity index (χ3v) is 4.08. The van der Waals surface area contributed by atoms with Crippen molar-refractivity contribution in [1.29, 1.82) is 0 Å². The second-order valence-electron chi connectivity index (χ2n) is 5.51. The molecule has 0 aliphatic heterocycles. The Morgan fingerprint density at radius 3 is 2.71 bits per heavy atom. The van der Waals surface area contributed by atoms with Crippen molar-refractivity contribution in [3.63, 3.8) is 0 Å². The Labute approximate surface area is 123 Å². The van der Waals surface area contributed by atoms with Gasteiger partial charge in [0.25, 0.3) is 0 Å². The van der Waals surface area contributed by atoms with Crippen molar-refractivity contribution >= 4 is 17.7 Å². The Hall–Kier alpha value is -2.24. The molecule has 0 spiro atoms. The van der Waals surface area contributed by atoms with Gasteiger partial charge in [-0.2, -0.15) is 0 Å². The first-order valence-corrected chi connectivity index (χ1v) is 7.09. The number of amides is 2. The molecule has 2 rings (SSSR count). The number of hydrogen-bond donors (Lipinski definition) is 4. The third kappa shape index (κ3) is 3.65. The van der Waals surface area contributed by atoms with Gasteiger partial charge in [-0.05, 0) is 30.4 Å². The SMILES string of the molecule is CC1CCCC1CNC(=O)Nc1cccc(C(=O)O)c1O. The van der Waals surface area contributed by atoms with E-state index in [0.717, 1.165) is 6.42 Å². The predicted molar refractivity (Wildman–Crippen MR) is 78.6 cm³/mol. The minimum Gasteiger partial charge on any atom is -0.505 e. The van der Waals surface area contributed by atoms with Crippen LogP contribution in [0.3, 0.4) is 0 Å². The van der Waals surface area contributed by atoms with Crippen LogP contribution in [0.1, 0.15) is 36.5 Å². The second-order valence-corrected chi connectivity index (χ2v) is 5.51. The van der Waals surface area contributed by atoms with Crippen LogP contribution in [0.15, 0.2) is 18.2 Å². The lowest BCUT2D eigenvalue weighted by molar-refractivity contribution is 0.0693. The fraction of sp³-hybridized carbons (Fsp3) is 0.467. The van der Waals surface area contributed by atoms with E-state index < -0.39 is 17.7 Å². The summed E-state index contributed by atoms with van der Waals surface area (Å²) in [6.45, 7) is 2.77. The van der Waals surface area contributed by atoms with Crippen LogP contribution < -0.4 is 10.6 Å². The number of carbonyl (C=O) groups excluding carboxylic acids is 1. The highest BCUT2D eigenvalue weighted by atomic mass is 16.4. The molecule has 0 bridgehead atoms. The number of aromatic hydroxyl groups is 1. The fourth-order valence-electron chi connectivity index (χ4n) is 2.73. The fourth-order valence-corrected chi connectivity index (χ4v) is 2.73. The maximum absolute atomic E-state index is 11.8. The summed E-state index contributed by atoms with van der Waals surface area (Å²) in [6.07, 6.45) is 3.49. The van der Waals surface area contributed by atoms with E-state index in [1.807, 2.05) is 0 Å². The number of benzene rings is 1. The van der Waals surface area contributed by atoms with E-state index in [1.165, 1.54) is 31.0 Å². The predicted octanol–water partition coefficient (Wildman–Crippen LogP) is 2.65. The minimum absolute atomic E-state index is 0.0897. The molecular weight excluding hydrogens is 272 g/mol. The standard InChI is InChI=1S/C15H20N2O4/c1-9-4-2-5-10(9)8-16-15(21)17-12-7-3-6-11(13(12)18)14(19)20/h3,6-7,9-10,18H,2,4-5,8H2,1H3,(H,19,20)(H2,16,17,21). The average molecular weight is 292 g/mol. The number of carbonyl (C=O) groups is 2. The summed E-state index contributed by atoms with van der Waals surface area (Å²) in [5.74, 6) is -0.588. The molecule has 0 heterocycles. The molecule has 1 aromatic rings. The lowest BCUT2D eigenvalue weighted by Crippen LogP contribution is -2.33. The van der Waals surface area contributed by atoms with Crippen LogP contribution in [0.25, 0.3) is 0 Å². The number of hydrogen-bond acceptors (Lipinski definition) is 3. The molecule has 2 amide bonds. The Kier molecular flexibility index (Phi) is 4.67. The first-order valence-electron chi connectivity index (χ1n) is 7.09. The lowest BCUT2D eigenvalue weighted by atomic mass is 9.98. The Morgan fingerprint density at radius 1 is 1.33 bits per heavy atom. The highest BCUT2D eigenvalue weighted by molar-refractivity contribution is 5.97. The molecule has 2 unspecified atom stereocenters. The maximum Gasteiger partial charge on any atom is 0.339 e. The summed E-state index contributed by atoms with van der Waals surface area (Å²) >= 11 is 0. The molecule has 21 heavy (non-hydrogen) atoms. The Morgan fingerprint density at radius 2 is 2.10 bits per heavy atom. The number of rotatable bonds is 4. The Bertz CT molecular complexity index is 544. The number of nitrogens with one attached hydrogen (secondary N) is 2. The van der Waals surface area contributed by atoms with Crippen LogP contribution >= 0.6 is 0 Å². The highest BCUT2D eigenvalue weighted by Gasteiger charge is 2.23. The van der Waals surface area contributed by atoms with Crippen LogP contribution in [0.2, 0.25) is 0 Å². The molecule has 6 heteroatoms. The number of aromatic carboxylic acids is 1. The zero-order chi connectivity index (χ0) is 15.4. The number of phenols is 1. The summed E-state index contributed by atoms with van der Waals surface area (Å²) in [5.41, 5.74) is -0.149. The van der Waals surface area contributed by atoms with Gasteiger partial charge in [0.05, 0.1) is 5.69 Å². The number of carboxylic acids is 1. The smallest absolute Gasteiger partial charge is 0.339 e. The topological polar surface area (TPSA) is 98.7 Å². The molecule has 6 nitrogen and oxygen atoms in total. The molecule has 1 aliphatic rings. The number of para-hydroxylation sites is 1. The first-order chi connectivity index (χ1) is 9.99. The molecule has 1 aromatic carbocycles. The normalized spacial score (nSPS) is 21.0. The first kappa shape index (κ1) is 15.2. The zero-order valence-electron chi connectivity index (χ0n) is 11.9. The van der Waals surface area contributed by atoms with Gasteiger partial charge >= 0.3 is 12.0 Å². The van der Waals surface area contributed by atoms with Crippen LogP contribution in [0.5, 0.6) is 5.75 Å². The molecule has 1 aliphatic carbocycles. The Balaban J connectivity index is 1.93. The third-order valence-electron chi connectivity index (χ3n) is 4.08. The van der Waals surface area contributed by atoms with E-state index in [2.05, 4.69) is 17.6 Å². The molecule has 0 radical (unpaired) electrons. The molecule has 1 fully saturated rings. The summed E-state index contributed by atoms with van der Waals surface area (Å²) in [4.78, 5) is 22.7. The van der Waals surface area contributed by atoms with Gasteiger partial charge in [0.1, 0.15) is 5.56 Å². The van der Waals surface area contributed by atoms with Crippen molar-refractivity contribution in [3.8, 4) is 5.75 Å². The quantitative estimate of drug-likeness (QED) is 0.641. The molecule has 2 atom stereocenters. The summed E-state index contributed by atoms with van der Waals surface area (Å²) in [7, 11) is 0. The van der Waals surface area contributed by atoms with E-state index in [0.29, 0.717) is 18.4 Å². The van der Waals surface area contributed by atoms with Gasteiger partial charge in [-0.3, -0.25) is 0 Å². The van der Waals surface area contributed by atoms with Crippen LogP contribution in [-0.2, 0) is 0 Å². The van der Waals surface area contributed by atoms with E-state index >= 15 is 0 Å². The van der Waals surface area contributed by atoms with Crippen molar-refractivity contribution in [2.45, 2.75) is 26.2 Å². The van der Waals surface area contributed by atoms with Gasteiger partial charge in [0.2, 0.25) is 0 Å². The van der Waals surface area contributed by atoms with Crippen molar-refractivity contribution in [2.24, 2.45) is 11.8 Å². The van der Waals surface area contributed by atoms with E-state index in [9.17, 15) is 14.7 Å². The van der Waals surface area contributed by atoms with Crippen LogP contribution in [0, 0.1) is 11.8 Å². The minimum atomic E-state index is -1.24. The van der Waals surface area contributed by atoms with Crippen LogP contribution in [0.4, 0.5) is 10.5 Å². The van der Waals surface area contributed by atoms with Crippen molar-refractivity contribution < 1.29 is 19.8 Å². The van der Waals surface area contributed by atoms with Gasteiger partial charge < -0.3 is 20.8 Å². The van der Waals surface area contributed by atoms with Crippen molar-refractivity contribution in [1.82, 2.24) is 5.32 Å². The van der Waals surface area contributed by atoms with Gasteiger partial charge in [-0.1, -0.05) is 25.8 Å². The van der Waals surface area contributed by atoms with Crippen LogP contribution in [-0.4, -0.2) is 28.8 Å². The molecule has 4 N–H and O–H groups in total. The van der Waals surface area contributed by atoms with Crippen molar-refractivity contribution in [3.05, 3.63) is 23.8 Å². The highest BCUT2D eigenvalue weighted by Crippen LogP contribution is 2.30. The van der Waals surface area contributed by atoms with E-state index in [-0.39, 0.29) is 11.3 Å². The van der Waals surface area contributed by atoms with Gasteiger partial charge in [0, 0.05) is 6.54 Å². The molecule has 0 saturated heterocycles. The van der Waals surface area contributed by atoms with Crippen molar-refractivity contribution in [2.75, 3.05) is 11.9 Å². The largest absolute Gasteiger partial charge is 0.505 e. The summed E-state index contributed by atoms with van der Waals surface area (Å²) in [6, 6.07) is 3.77. The molecule has 1 saturated carbocycles. The number of anilines is 1. The summed E-state index contributed by atoms with van der Waals surface area (Å²) < 4.78 is 0. The van der Waals surface area contributed by atoms with Gasteiger partial charge in [-0.15, -0.1) is 0 Å². The van der Waals surface area contributed by atoms with E-state index in [4.69, 9.17) is 5.11 Å². The zero-order valence-corrected chi connectivity index (χ0v) is 11.9. The molecule has 114 valence electrons. The molecular formula is C15H20N2O4. The second kappa shape index (κ2) is 6.47. The molecule has 0 aromatic heterocycles. The number of carboxylic acid groups (broad SMARTS) is 1. The number of urea groups is 1. The average Bonchev–Trinajstić information content (AvgIpc) is 2.84. The van der Waals surface area contributed by atoms with E-state index in [1.54, 1.807) is 0 Å². The van der Waals surface area contributed by atoms with Gasteiger partial charge in [0.15, 0.2) is 5.75 Å². The maximum atomic E-state index is 11.8. The van der Waals surface area contributed by atoms with Gasteiger partial charge in [-0.25, -0.2) is 9.59 Å². The monoisotopic (exact) mass is 292 g/mol. The summed E-state index contributed by atoms with van der Waals surface area (Å²) in [5, 5.41) is 24.0.